The van der Waals surface area contributed by atoms with Crippen molar-refractivity contribution < 1.29 is 0 Å². The van der Waals surface area contributed by atoms with Gasteiger partial charge in [0.2, 0.25) is 0 Å². The van der Waals surface area contributed by atoms with E-state index in [1.807, 2.05) is 6.20 Å². The zero-order chi connectivity index (χ0) is 12.5. The van der Waals surface area contributed by atoms with Gasteiger partial charge in [-0.05, 0) is 65.6 Å². The number of hydrogen-bond donors (Lipinski definition) is 1. The summed E-state index contributed by atoms with van der Waals surface area (Å²) in [6, 6.07) is 2.71. The van der Waals surface area contributed by atoms with Crippen molar-refractivity contribution in [2.75, 3.05) is 5.32 Å². The molecule has 94 valence electrons. The molecule has 1 fully saturated rings. The Morgan fingerprint density at radius 2 is 2.00 bits per heavy atom. The molecule has 0 atom stereocenters. The molecule has 1 aromatic rings. The number of nitrogens with zero attached hydrogens (tertiary/aromatic N) is 1. The summed E-state index contributed by atoms with van der Waals surface area (Å²) in [6.45, 7) is 6.84. The van der Waals surface area contributed by atoms with E-state index in [1.165, 1.54) is 31.2 Å². The SMILES string of the molecule is Cc1cc(Br)cnc1NC1CCC(C)(C)CC1. The van der Waals surface area contributed by atoms with Crippen molar-refractivity contribution in [2.24, 2.45) is 5.41 Å². The Kier molecular flexibility index (Phi) is 3.76. The summed E-state index contributed by atoms with van der Waals surface area (Å²) in [5.41, 5.74) is 1.74. The molecule has 0 saturated heterocycles. The molecule has 1 aliphatic rings. The van der Waals surface area contributed by atoms with Crippen LogP contribution in [-0.2, 0) is 0 Å². The lowest BCUT2D eigenvalue weighted by molar-refractivity contribution is 0.232. The van der Waals surface area contributed by atoms with Crippen LogP contribution in [0.4, 0.5) is 5.82 Å². The van der Waals surface area contributed by atoms with Gasteiger partial charge in [-0.25, -0.2) is 4.98 Å². The highest BCUT2D eigenvalue weighted by molar-refractivity contribution is 9.10. The monoisotopic (exact) mass is 296 g/mol. The van der Waals surface area contributed by atoms with Crippen LogP contribution in [-0.4, -0.2) is 11.0 Å². The summed E-state index contributed by atoms with van der Waals surface area (Å²) in [5.74, 6) is 1.04. The van der Waals surface area contributed by atoms with Crippen LogP contribution in [0.3, 0.4) is 0 Å². The van der Waals surface area contributed by atoms with E-state index >= 15 is 0 Å². The van der Waals surface area contributed by atoms with Crippen LogP contribution in [0.5, 0.6) is 0 Å². The first-order chi connectivity index (χ1) is 7.96. The zero-order valence-corrected chi connectivity index (χ0v) is 12.5. The molecular formula is C14H21BrN2. The lowest BCUT2D eigenvalue weighted by atomic mass is 9.75. The third-order valence-electron chi connectivity index (χ3n) is 3.72. The first-order valence-corrected chi connectivity index (χ1v) is 7.14. The van der Waals surface area contributed by atoms with Crippen molar-refractivity contribution in [1.82, 2.24) is 4.98 Å². The molecule has 1 N–H and O–H groups in total. The average molecular weight is 297 g/mol. The second-order valence-corrected chi connectivity index (χ2v) is 6.82. The summed E-state index contributed by atoms with van der Waals surface area (Å²) in [6.07, 6.45) is 6.98. The molecule has 1 aromatic heterocycles. The van der Waals surface area contributed by atoms with Gasteiger partial charge < -0.3 is 5.32 Å². The molecule has 2 nitrogen and oxygen atoms in total. The number of halogens is 1. The molecule has 0 aliphatic heterocycles. The number of rotatable bonds is 2. The van der Waals surface area contributed by atoms with E-state index in [9.17, 15) is 0 Å². The van der Waals surface area contributed by atoms with Crippen molar-refractivity contribution in [2.45, 2.75) is 52.5 Å². The maximum Gasteiger partial charge on any atom is 0.129 e. The van der Waals surface area contributed by atoms with Gasteiger partial charge in [-0.2, -0.15) is 0 Å². The van der Waals surface area contributed by atoms with E-state index in [2.05, 4.69) is 53.1 Å². The topological polar surface area (TPSA) is 24.9 Å². The van der Waals surface area contributed by atoms with Crippen LogP contribution in [0.2, 0.25) is 0 Å². The second-order valence-electron chi connectivity index (χ2n) is 5.90. The summed E-state index contributed by atoms with van der Waals surface area (Å²) in [5, 5.41) is 3.58. The van der Waals surface area contributed by atoms with Gasteiger partial charge in [-0.3, -0.25) is 0 Å². The van der Waals surface area contributed by atoms with Gasteiger partial charge >= 0.3 is 0 Å². The van der Waals surface area contributed by atoms with Crippen molar-refractivity contribution in [1.29, 1.82) is 0 Å². The quantitative estimate of drug-likeness (QED) is 0.867. The van der Waals surface area contributed by atoms with Crippen molar-refractivity contribution >= 4 is 21.7 Å². The Morgan fingerprint density at radius 1 is 1.35 bits per heavy atom. The third kappa shape index (κ3) is 3.44. The largest absolute Gasteiger partial charge is 0.367 e. The maximum absolute atomic E-state index is 4.45. The van der Waals surface area contributed by atoms with Gasteiger partial charge in [0.15, 0.2) is 0 Å². The summed E-state index contributed by atoms with van der Waals surface area (Å²) >= 11 is 3.45. The molecule has 1 aliphatic carbocycles. The molecule has 0 bridgehead atoms. The Morgan fingerprint density at radius 3 is 2.59 bits per heavy atom. The third-order valence-corrected chi connectivity index (χ3v) is 4.16. The minimum Gasteiger partial charge on any atom is -0.367 e. The minimum absolute atomic E-state index is 0.528. The summed E-state index contributed by atoms with van der Waals surface area (Å²) < 4.78 is 1.05. The van der Waals surface area contributed by atoms with Gasteiger partial charge in [0.05, 0.1) is 0 Å². The molecule has 17 heavy (non-hydrogen) atoms. The van der Waals surface area contributed by atoms with E-state index < -0.39 is 0 Å². The molecule has 3 heteroatoms. The van der Waals surface area contributed by atoms with E-state index in [-0.39, 0.29) is 0 Å². The molecule has 1 heterocycles. The predicted molar refractivity (Wildman–Crippen MR) is 76.3 cm³/mol. The molecular weight excluding hydrogens is 276 g/mol. The number of anilines is 1. The Bertz CT molecular complexity index is 391. The van der Waals surface area contributed by atoms with Crippen LogP contribution < -0.4 is 5.32 Å². The molecule has 0 aromatic carbocycles. The summed E-state index contributed by atoms with van der Waals surface area (Å²) in [7, 11) is 0. The fourth-order valence-corrected chi connectivity index (χ4v) is 2.87. The van der Waals surface area contributed by atoms with Crippen LogP contribution >= 0.6 is 15.9 Å². The second kappa shape index (κ2) is 4.97. The number of pyridine rings is 1. The fraction of sp³-hybridized carbons (Fsp3) is 0.643. The number of aromatic nitrogens is 1. The first kappa shape index (κ1) is 12.9. The Hall–Kier alpha value is -0.570. The smallest absolute Gasteiger partial charge is 0.129 e. The predicted octanol–water partition coefficient (Wildman–Crippen LogP) is 4.53. The summed E-state index contributed by atoms with van der Waals surface area (Å²) in [4.78, 5) is 4.45. The van der Waals surface area contributed by atoms with E-state index in [4.69, 9.17) is 0 Å². The molecule has 1 saturated carbocycles. The first-order valence-electron chi connectivity index (χ1n) is 6.35. The number of aryl methyl sites for hydroxylation is 1. The van der Waals surface area contributed by atoms with Gasteiger partial charge in [-0.1, -0.05) is 13.8 Å². The lowest BCUT2D eigenvalue weighted by Gasteiger charge is -2.35. The van der Waals surface area contributed by atoms with Crippen LogP contribution in [0.25, 0.3) is 0 Å². The molecule has 0 amide bonds. The van der Waals surface area contributed by atoms with Gasteiger partial charge in [0.1, 0.15) is 5.82 Å². The highest BCUT2D eigenvalue weighted by Gasteiger charge is 2.26. The minimum atomic E-state index is 0.528. The zero-order valence-electron chi connectivity index (χ0n) is 10.9. The molecule has 2 rings (SSSR count). The van der Waals surface area contributed by atoms with Crippen molar-refractivity contribution in [3.63, 3.8) is 0 Å². The van der Waals surface area contributed by atoms with Crippen molar-refractivity contribution in [3.8, 4) is 0 Å². The standard InChI is InChI=1S/C14H21BrN2/c1-10-8-11(15)9-16-13(10)17-12-4-6-14(2,3)7-5-12/h8-9,12H,4-7H2,1-3H3,(H,16,17). The van der Waals surface area contributed by atoms with E-state index in [0.29, 0.717) is 11.5 Å². The number of hydrogen-bond acceptors (Lipinski definition) is 2. The van der Waals surface area contributed by atoms with E-state index in [1.54, 1.807) is 0 Å². The van der Waals surface area contributed by atoms with Crippen molar-refractivity contribution in [3.05, 3.63) is 22.3 Å². The fourth-order valence-electron chi connectivity index (χ4n) is 2.43. The molecule has 0 spiro atoms. The lowest BCUT2D eigenvalue weighted by Crippen LogP contribution is -2.30. The van der Waals surface area contributed by atoms with Crippen LogP contribution in [0.1, 0.15) is 45.1 Å². The highest BCUT2D eigenvalue weighted by atomic mass is 79.9. The van der Waals surface area contributed by atoms with Crippen LogP contribution in [0, 0.1) is 12.3 Å². The normalized spacial score (nSPS) is 20.2. The Labute approximate surface area is 112 Å². The Balaban J connectivity index is 1.98. The van der Waals surface area contributed by atoms with Gasteiger partial charge in [0.25, 0.3) is 0 Å². The molecule has 0 unspecified atom stereocenters. The molecule has 0 radical (unpaired) electrons. The van der Waals surface area contributed by atoms with Gasteiger partial charge in [0, 0.05) is 16.7 Å². The highest BCUT2D eigenvalue weighted by Crippen LogP contribution is 2.36. The van der Waals surface area contributed by atoms with Crippen LogP contribution in [0.15, 0.2) is 16.7 Å². The number of nitrogens with one attached hydrogen (secondary N) is 1. The van der Waals surface area contributed by atoms with Gasteiger partial charge in [-0.15, -0.1) is 0 Å². The van der Waals surface area contributed by atoms with E-state index in [0.717, 1.165) is 10.3 Å². The average Bonchev–Trinajstić information content (AvgIpc) is 2.25. The maximum atomic E-state index is 4.45.